The maximum absolute atomic E-state index is 13.4. The van der Waals surface area contributed by atoms with Crippen LogP contribution in [0, 0.1) is 0 Å². The number of aromatic hydroxyl groups is 4. The zero-order valence-electron chi connectivity index (χ0n) is 27.9. The van der Waals surface area contributed by atoms with E-state index in [-0.39, 0.29) is 49.1 Å². The molecule has 2 fully saturated rings. The minimum absolute atomic E-state index is 0.0147. The van der Waals surface area contributed by atoms with Gasteiger partial charge in [-0.1, -0.05) is 72.8 Å². The third-order valence-corrected chi connectivity index (χ3v) is 8.72. The summed E-state index contributed by atoms with van der Waals surface area (Å²) in [5.74, 6) is -2.93. The molecule has 274 valence electrons. The molecule has 0 radical (unpaired) electrons. The summed E-state index contributed by atoms with van der Waals surface area (Å²) in [6.45, 7) is -0.270. The van der Waals surface area contributed by atoms with Crippen molar-refractivity contribution in [3.8, 4) is 23.0 Å². The van der Waals surface area contributed by atoms with E-state index in [2.05, 4.69) is 0 Å². The second-order valence-corrected chi connectivity index (χ2v) is 12.6. The smallest absolute Gasteiger partial charge is 0.323 e. The number of carbonyl (C=O) groups is 2. The second-order valence-electron chi connectivity index (χ2n) is 12.6. The van der Waals surface area contributed by atoms with Crippen molar-refractivity contribution in [2.45, 2.75) is 61.9 Å². The number of ether oxygens (including phenoxy) is 6. The summed E-state index contributed by atoms with van der Waals surface area (Å²) < 4.78 is 36.8. The molecular weight excluding hydrogens is 676 g/mol. The van der Waals surface area contributed by atoms with Crippen molar-refractivity contribution in [3.05, 3.63) is 119 Å². The van der Waals surface area contributed by atoms with E-state index < -0.39 is 61.0 Å². The van der Waals surface area contributed by atoms with E-state index >= 15 is 0 Å². The lowest BCUT2D eigenvalue weighted by Crippen LogP contribution is -2.59. The molecule has 14 nitrogen and oxygen atoms in total. The predicted molar refractivity (Wildman–Crippen MR) is 183 cm³/mol. The first-order valence-electron chi connectivity index (χ1n) is 16.6. The molecular formula is C38H40N2O12. The highest BCUT2D eigenvalue weighted by molar-refractivity contribution is 5.77. The van der Waals surface area contributed by atoms with E-state index in [0.29, 0.717) is 22.3 Å². The highest BCUT2D eigenvalue weighted by Gasteiger charge is 2.49. The van der Waals surface area contributed by atoms with Crippen LogP contribution in [0.25, 0.3) is 0 Å². The van der Waals surface area contributed by atoms with E-state index in [1.165, 1.54) is 36.4 Å². The highest BCUT2D eigenvalue weighted by Crippen LogP contribution is 2.37. The Morgan fingerprint density at radius 1 is 0.596 bits per heavy atom. The molecule has 2 aliphatic rings. The fourth-order valence-electron chi connectivity index (χ4n) is 5.98. The largest absolute Gasteiger partial charge is 0.504 e. The van der Waals surface area contributed by atoms with Crippen LogP contribution in [0.15, 0.2) is 97.1 Å². The summed E-state index contributed by atoms with van der Waals surface area (Å²) in [5.41, 5.74) is 14.8. The average molecular weight is 717 g/mol. The lowest BCUT2D eigenvalue weighted by atomic mass is 9.99. The summed E-state index contributed by atoms with van der Waals surface area (Å²) >= 11 is 0. The van der Waals surface area contributed by atoms with Gasteiger partial charge < -0.3 is 60.3 Å². The maximum atomic E-state index is 13.4. The van der Waals surface area contributed by atoms with Crippen LogP contribution < -0.4 is 11.5 Å². The van der Waals surface area contributed by atoms with Gasteiger partial charge in [0, 0.05) is 11.1 Å². The van der Waals surface area contributed by atoms with Crippen LogP contribution in [0.2, 0.25) is 0 Å². The molecule has 0 bridgehead atoms. The first-order valence-corrected chi connectivity index (χ1v) is 16.6. The van der Waals surface area contributed by atoms with Gasteiger partial charge in [0.2, 0.25) is 0 Å². The number of carbonyl (C=O) groups excluding carboxylic acids is 2. The van der Waals surface area contributed by atoms with Gasteiger partial charge in [0.05, 0.1) is 13.2 Å². The Hall–Kier alpha value is -5.22. The average Bonchev–Trinajstić information content (AvgIpc) is 3.15. The van der Waals surface area contributed by atoms with E-state index in [1.54, 1.807) is 0 Å². The van der Waals surface area contributed by atoms with Crippen molar-refractivity contribution < 1.29 is 58.4 Å². The van der Waals surface area contributed by atoms with Crippen molar-refractivity contribution in [3.63, 3.8) is 0 Å². The van der Waals surface area contributed by atoms with Gasteiger partial charge in [-0.2, -0.15) is 0 Å². The molecule has 14 heteroatoms. The number of hydrogen-bond acceptors (Lipinski definition) is 14. The molecule has 4 aromatic carbocycles. The van der Waals surface area contributed by atoms with Gasteiger partial charge in [-0.15, -0.1) is 0 Å². The molecule has 2 heterocycles. The number of phenolic OH excluding ortho intramolecular Hbond substituents is 4. The van der Waals surface area contributed by atoms with Gasteiger partial charge in [-0.05, 0) is 48.2 Å². The Bertz CT molecular complexity index is 1690. The molecule has 0 aromatic heterocycles. The van der Waals surface area contributed by atoms with Crippen LogP contribution in [-0.2, 0) is 50.9 Å². The summed E-state index contributed by atoms with van der Waals surface area (Å²) in [6, 6.07) is 24.1. The molecule has 6 rings (SSSR count). The minimum atomic E-state index is -1.17. The van der Waals surface area contributed by atoms with Crippen LogP contribution in [0.1, 0.15) is 34.8 Å². The Kier molecular flexibility index (Phi) is 11.5. The second kappa shape index (κ2) is 16.4. The monoisotopic (exact) mass is 716 g/mol. The van der Waals surface area contributed by atoms with Crippen molar-refractivity contribution in [1.82, 2.24) is 0 Å². The fraction of sp³-hybridized carbons (Fsp3) is 0.316. The van der Waals surface area contributed by atoms with Crippen molar-refractivity contribution in [2.75, 3.05) is 13.2 Å². The maximum Gasteiger partial charge on any atom is 0.323 e. The molecule has 2 saturated heterocycles. The van der Waals surface area contributed by atoms with Crippen LogP contribution in [0.3, 0.4) is 0 Å². The number of nitrogens with two attached hydrogens (primary N) is 2. The first-order chi connectivity index (χ1) is 25.0. The van der Waals surface area contributed by atoms with Gasteiger partial charge in [0.25, 0.3) is 0 Å². The summed E-state index contributed by atoms with van der Waals surface area (Å²) in [5, 5.41) is 39.1. The Morgan fingerprint density at radius 2 is 0.981 bits per heavy atom. The van der Waals surface area contributed by atoms with Gasteiger partial charge in [-0.3, -0.25) is 9.59 Å². The van der Waals surface area contributed by atoms with Gasteiger partial charge in [0.15, 0.2) is 47.8 Å². The van der Waals surface area contributed by atoms with E-state index in [1.807, 2.05) is 60.7 Å². The molecule has 2 aliphatic heterocycles. The fourth-order valence-corrected chi connectivity index (χ4v) is 5.98. The van der Waals surface area contributed by atoms with E-state index in [9.17, 15) is 30.0 Å². The van der Waals surface area contributed by atoms with Crippen molar-refractivity contribution >= 4 is 11.9 Å². The lowest BCUT2D eigenvalue weighted by Gasteiger charge is -2.45. The summed E-state index contributed by atoms with van der Waals surface area (Å²) in [4.78, 5) is 26.9. The standard InChI is InChI=1S/C38H40N2O12/c39-25(15-21-11-13-27(41)29(43)17-21)35(45)49-31-19-47-37(23-7-3-1-4-8-23)51-33(31)34-32(20-48-38(52-34)24-9-5-2-6-10-24)50-36(46)26(40)16-22-12-14-28(42)30(44)18-22/h1-14,17-18,25-26,31-34,37-38,41-44H,15-16,19-20,39-40H2/t25?,26?,31-,32-,33-,34-,37?,38?/m1/s1. The molecule has 0 amide bonds. The van der Waals surface area contributed by atoms with Crippen molar-refractivity contribution in [2.24, 2.45) is 11.5 Å². The molecule has 0 aliphatic carbocycles. The Balaban J connectivity index is 1.26. The summed E-state index contributed by atoms with van der Waals surface area (Å²) in [6.07, 6.45) is -6.19. The Labute approximate surface area is 299 Å². The zero-order valence-corrected chi connectivity index (χ0v) is 27.9. The Morgan fingerprint density at radius 3 is 1.35 bits per heavy atom. The van der Waals surface area contributed by atoms with Crippen LogP contribution in [-0.4, -0.2) is 82.1 Å². The minimum Gasteiger partial charge on any atom is -0.504 e. The lowest BCUT2D eigenvalue weighted by molar-refractivity contribution is -0.333. The number of benzene rings is 4. The molecule has 8 atom stereocenters. The van der Waals surface area contributed by atoms with Crippen LogP contribution >= 0.6 is 0 Å². The number of phenols is 4. The SMILES string of the molecule is NC(Cc1ccc(O)c(O)c1)C(=O)O[C@@H]1COC(c2ccccc2)O[C@H]1[C@@H]1OC(c2ccccc2)OC[C@H]1OC(=O)C(N)Cc1ccc(O)c(O)c1. The topological polar surface area (TPSA) is 222 Å². The van der Waals surface area contributed by atoms with Gasteiger partial charge >= 0.3 is 11.9 Å². The molecule has 0 spiro atoms. The first kappa shape index (κ1) is 36.6. The molecule has 52 heavy (non-hydrogen) atoms. The molecule has 0 saturated carbocycles. The van der Waals surface area contributed by atoms with Crippen LogP contribution in [0.5, 0.6) is 23.0 Å². The molecule has 4 aromatic rings. The van der Waals surface area contributed by atoms with E-state index in [0.717, 1.165) is 0 Å². The zero-order chi connectivity index (χ0) is 36.8. The predicted octanol–water partition coefficient (Wildman–Crippen LogP) is 3.00. The van der Waals surface area contributed by atoms with E-state index in [4.69, 9.17) is 39.9 Å². The molecule has 4 unspecified atom stereocenters. The highest BCUT2D eigenvalue weighted by atomic mass is 16.7. The number of esters is 2. The molecule has 8 N–H and O–H groups in total. The number of rotatable bonds is 11. The number of hydrogen-bond donors (Lipinski definition) is 6. The third kappa shape index (κ3) is 8.80. The van der Waals surface area contributed by atoms with Crippen LogP contribution in [0.4, 0.5) is 0 Å². The van der Waals surface area contributed by atoms with Gasteiger partial charge in [0.1, 0.15) is 24.3 Å². The normalized spacial score (nSPS) is 24.3. The quantitative estimate of drug-likeness (QED) is 0.0971. The van der Waals surface area contributed by atoms with Gasteiger partial charge in [-0.25, -0.2) is 0 Å². The van der Waals surface area contributed by atoms with Crippen molar-refractivity contribution in [1.29, 1.82) is 0 Å². The third-order valence-electron chi connectivity index (χ3n) is 8.72. The summed E-state index contributed by atoms with van der Waals surface area (Å²) in [7, 11) is 0.